The van der Waals surface area contributed by atoms with Crippen LogP contribution in [0.15, 0.2) is 79.0 Å². The molecule has 3 nitrogen and oxygen atoms in total. The predicted molar refractivity (Wildman–Crippen MR) is 162 cm³/mol. The van der Waals surface area contributed by atoms with Crippen LogP contribution < -0.4 is 5.32 Å². The molecular weight excluding hydrogens is 528 g/mol. The van der Waals surface area contributed by atoms with Gasteiger partial charge in [-0.3, -0.25) is 4.98 Å². The maximum Gasteiger partial charge on any atom is 0.405 e. The average molecular weight is 569 g/mol. The van der Waals surface area contributed by atoms with Crippen LogP contribution in [0.25, 0.3) is 11.1 Å². The van der Waals surface area contributed by atoms with Gasteiger partial charge in [-0.05, 0) is 86.9 Å². The zero-order chi connectivity index (χ0) is 28.8. The van der Waals surface area contributed by atoms with Crippen molar-refractivity contribution in [1.82, 2.24) is 10.3 Å². The molecule has 0 amide bonds. The van der Waals surface area contributed by atoms with Gasteiger partial charge < -0.3 is 9.84 Å². The first kappa shape index (κ1) is 30.1. The fourth-order valence-electron chi connectivity index (χ4n) is 5.78. The van der Waals surface area contributed by atoms with Crippen LogP contribution in [-0.2, 0) is 16.4 Å². The van der Waals surface area contributed by atoms with Crippen molar-refractivity contribution in [2.24, 2.45) is 0 Å². The lowest BCUT2D eigenvalue weighted by atomic mass is 9.72. The minimum absolute atomic E-state index is 0.406. The fraction of sp³-hybridized carbons (Fsp3) is 0.394. The van der Waals surface area contributed by atoms with Crippen molar-refractivity contribution in [3.8, 4) is 11.1 Å². The van der Waals surface area contributed by atoms with E-state index < -0.39 is 25.2 Å². The lowest BCUT2D eigenvalue weighted by Gasteiger charge is -2.35. The number of halogens is 3. The third-order valence-electron chi connectivity index (χ3n) is 7.69. The maximum atomic E-state index is 13.2. The van der Waals surface area contributed by atoms with Gasteiger partial charge in [0.05, 0.1) is 12.0 Å². The van der Waals surface area contributed by atoms with E-state index in [2.05, 4.69) is 42.0 Å². The van der Waals surface area contributed by atoms with Crippen LogP contribution in [0.1, 0.15) is 54.6 Å². The Balaban J connectivity index is 1.36. The zero-order valence-corrected chi connectivity index (χ0v) is 24.5. The number of hydrogen-bond donors (Lipinski definition) is 1. The molecule has 0 radical (unpaired) electrons. The number of nitrogens with zero attached hydrogens (tertiary/aromatic N) is 1. The number of unbranched alkanes of at least 4 members (excludes halogenated alkanes) is 2. The molecule has 1 heterocycles. The minimum Gasteiger partial charge on any atom is -0.379 e. The fourth-order valence-corrected chi connectivity index (χ4v) is 7.37. The van der Waals surface area contributed by atoms with Crippen molar-refractivity contribution < 1.29 is 17.7 Å². The Morgan fingerprint density at radius 3 is 2.20 bits per heavy atom. The highest BCUT2D eigenvalue weighted by Crippen LogP contribution is 2.54. The highest BCUT2D eigenvalue weighted by Gasteiger charge is 2.45. The van der Waals surface area contributed by atoms with Gasteiger partial charge in [-0.15, -0.1) is 0 Å². The zero-order valence-electron chi connectivity index (χ0n) is 23.6. The van der Waals surface area contributed by atoms with Gasteiger partial charge in [0.25, 0.3) is 0 Å². The van der Waals surface area contributed by atoms with E-state index in [0.717, 1.165) is 71.9 Å². The van der Waals surface area contributed by atoms with Crippen LogP contribution in [0.2, 0.25) is 0 Å². The van der Waals surface area contributed by atoms with Gasteiger partial charge in [0.15, 0.2) is 0 Å². The van der Waals surface area contributed by atoms with Crippen LogP contribution in [0.5, 0.6) is 0 Å². The Morgan fingerprint density at radius 2 is 1.57 bits per heavy atom. The van der Waals surface area contributed by atoms with Crippen molar-refractivity contribution in [1.29, 1.82) is 0 Å². The number of benzene rings is 2. The van der Waals surface area contributed by atoms with Gasteiger partial charge >= 0.3 is 6.18 Å². The Labute approximate surface area is 236 Å². The molecule has 0 bridgehead atoms. The highest BCUT2D eigenvalue weighted by atomic mass is 31.2. The molecule has 0 fully saturated rings. The SMILES string of the molecule is C=C(NCC(F)(F)F)C1(CCCCCP(=C)(C)OCCCc2cccc(C)n2)c2ccccc2-c2ccccc21. The van der Waals surface area contributed by atoms with Crippen LogP contribution in [-0.4, -0.2) is 43.4 Å². The molecule has 1 unspecified atom stereocenters. The normalized spacial score (nSPS) is 15.2. The van der Waals surface area contributed by atoms with E-state index in [0.29, 0.717) is 18.7 Å². The van der Waals surface area contributed by atoms with E-state index >= 15 is 0 Å². The lowest BCUT2D eigenvalue weighted by molar-refractivity contribution is -0.123. The summed E-state index contributed by atoms with van der Waals surface area (Å²) < 4.78 is 45.7. The second kappa shape index (κ2) is 12.8. The second-order valence-electron chi connectivity index (χ2n) is 11.0. The van der Waals surface area contributed by atoms with E-state index in [-0.39, 0.29) is 0 Å². The molecule has 1 N–H and O–H groups in total. The van der Waals surface area contributed by atoms with Crippen LogP contribution in [0, 0.1) is 6.92 Å². The number of alkyl halides is 3. The summed E-state index contributed by atoms with van der Waals surface area (Å²) in [5.74, 6) is 0. The molecule has 0 spiro atoms. The van der Waals surface area contributed by atoms with E-state index in [9.17, 15) is 13.2 Å². The van der Waals surface area contributed by atoms with Crippen molar-refractivity contribution in [2.45, 2.75) is 57.0 Å². The van der Waals surface area contributed by atoms with Gasteiger partial charge in [-0.2, -0.15) is 13.2 Å². The van der Waals surface area contributed by atoms with Crippen molar-refractivity contribution in [3.05, 3.63) is 102 Å². The Morgan fingerprint density at radius 1 is 0.925 bits per heavy atom. The largest absolute Gasteiger partial charge is 0.405 e. The summed E-state index contributed by atoms with van der Waals surface area (Å²) in [5.41, 5.74) is 6.00. The second-order valence-corrected chi connectivity index (χ2v) is 14.3. The summed E-state index contributed by atoms with van der Waals surface area (Å²) in [5, 5.41) is 2.65. The molecule has 0 aliphatic heterocycles. The summed E-state index contributed by atoms with van der Waals surface area (Å²) in [6.45, 7) is 7.88. The van der Waals surface area contributed by atoms with Gasteiger partial charge in [0.2, 0.25) is 0 Å². The summed E-state index contributed by atoms with van der Waals surface area (Å²) in [7, 11) is -1.74. The number of aromatic nitrogens is 1. The first-order chi connectivity index (χ1) is 19.0. The monoisotopic (exact) mass is 568 g/mol. The van der Waals surface area contributed by atoms with Crippen molar-refractivity contribution in [2.75, 3.05) is 26.0 Å². The van der Waals surface area contributed by atoms with Gasteiger partial charge in [0, 0.05) is 17.1 Å². The minimum atomic E-state index is -4.32. The first-order valence-corrected chi connectivity index (χ1v) is 16.5. The average Bonchev–Trinajstić information content (AvgIpc) is 3.20. The molecule has 1 atom stereocenters. The third-order valence-corrected chi connectivity index (χ3v) is 9.76. The Bertz CT molecular complexity index is 1320. The molecular formula is C33H40F3N2OP. The standard InChI is InChI=1S/C33H40F3N2OP/c1-25-14-12-15-27(38-25)16-13-22-39-40(3,4)23-11-5-10-21-32(26(2)37-24-33(34,35)36)30-19-8-6-17-28(30)29-18-7-9-20-31(29)32/h6-9,12,14-15,17-20,37H,2-3,5,10-11,13,16,21-24H2,1,4H3. The molecule has 0 saturated heterocycles. The van der Waals surface area contributed by atoms with Crippen LogP contribution in [0.4, 0.5) is 13.2 Å². The number of nitrogens with one attached hydrogen (secondary N) is 1. The highest BCUT2D eigenvalue weighted by molar-refractivity contribution is 7.68. The third kappa shape index (κ3) is 7.27. The molecule has 2 aromatic carbocycles. The summed E-state index contributed by atoms with van der Waals surface area (Å²) in [4.78, 5) is 4.55. The summed E-state index contributed by atoms with van der Waals surface area (Å²) in [6.07, 6.45) is 6.25. The van der Waals surface area contributed by atoms with Gasteiger partial charge in [-0.1, -0.05) is 80.3 Å². The molecule has 0 saturated carbocycles. The number of rotatable bonds is 14. The van der Waals surface area contributed by atoms with Crippen LogP contribution in [0.3, 0.4) is 0 Å². The number of pyridine rings is 1. The molecule has 214 valence electrons. The molecule has 1 aliphatic carbocycles. The summed E-state index contributed by atoms with van der Waals surface area (Å²) >= 11 is 0. The molecule has 4 rings (SSSR count). The van der Waals surface area contributed by atoms with E-state index in [1.54, 1.807) is 0 Å². The van der Waals surface area contributed by atoms with E-state index in [1.807, 2.05) is 61.5 Å². The molecule has 1 aromatic heterocycles. The maximum absolute atomic E-state index is 13.2. The van der Waals surface area contributed by atoms with Crippen LogP contribution >= 0.6 is 7.11 Å². The predicted octanol–water partition coefficient (Wildman–Crippen LogP) is 8.53. The smallest absolute Gasteiger partial charge is 0.379 e. The number of aryl methyl sites for hydroxylation is 2. The number of hydrogen-bond acceptors (Lipinski definition) is 3. The molecule has 3 aromatic rings. The first-order valence-electron chi connectivity index (χ1n) is 14.0. The number of allylic oxidation sites excluding steroid dienone is 1. The Hall–Kier alpha value is -2.82. The molecule has 1 aliphatic rings. The number of fused-ring (bicyclic) bond motifs is 3. The topological polar surface area (TPSA) is 34.1 Å². The quantitative estimate of drug-likeness (QED) is 0.156. The molecule has 40 heavy (non-hydrogen) atoms. The summed E-state index contributed by atoms with van der Waals surface area (Å²) in [6, 6.07) is 22.1. The molecule has 7 heteroatoms. The van der Waals surface area contributed by atoms with Gasteiger partial charge in [-0.25, -0.2) is 0 Å². The Kier molecular flexibility index (Phi) is 9.64. The van der Waals surface area contributed by atoms with E-state index in [4.69, 9.17) is 4.52 Å². The van der Waals surface area contributed by atoms with E-state index in [1.165, 1.54) is 0 Å². The van der Waals surface area contributed by atoms with Crippen molar-refractivity contribution >= 4 is 13.4 Å². The van der Waals surface area contributed by atoms with Crippen molar-refractivity contribution in [3.63, 3.8) is 0 Å². The lowest BCUT2D eigenvalue weighted by Crippen LogP contribution is -2.39. The van der Waals surface area contributed by atoms with Gasteiger partial charge in [0.1, 0.15) is 6.54 Å².